The molecule has 2 aromatic carbocycles. The Balaban J connectivity index is 0.000000374. The maximum absolute atomic E-state index is 5.08. The van der Waals surface area contributed by atoms with Crippen LogP contribution in [0.2, 0.25) is 26.2 Å². The average molecular weight is 912 g/mol. The largest absolute Gasteiger partial charge is 0.687 e. The summed E-state index contributed by atoms with van der Waals surface area (Å²) < 4.78 is 4.94. The summed E-state index contributed by atoms with van der Waals surface area (Å²) in [5, 5.41) is 0. The number of hydrogen-bond acceptors (Lipinski definition) is 1. The molecule has 0 bridgehead atoms. The van der Waals surface area contributed by atoms with Crippen LogP contribution in [-0.2, 0) is 4.74 Å². The summed E-state index contributed by atoms with van der Waals surface area (Å²) >= 11 is 0. The van der Waals surface area contributed by atoms with Gasteiger partial charge in [-0.3, -0.25) is 0 Å². The summed E-state index contributed by atoms with van der Waals surface area (Å²) in [4.78, 5) is 10.2. The molecule has 0 spiro atoms. The topological polar surface area (TPSA) is 37.4 Å². The molecule has 0 N–H and O–H groups in total. The third-order valence-electron chi connectivity index (χ3n) is 9.26. The van der Waals surface area contributed by atoms with E-state index in [2.05, 4.69) is 130 Å². The Morgan fingerprint density at radius 3 is 0.933 bits per heavy atom. The van der Waals surface area contributed by atoms with Crippen molar-refractivity contribution in [3.63, 3.8) is 0 Å². The van der Waals surface area contributed by atoms with Gasteiger partial charge in [0.2, 0.25) is 0 Å². The first kappa shape index (κ1) is 44.1. The summed E-state index contributed by atoms with van der Waals surface area (Å²) in [5.74, 6) is 11.6. The van der Waals surface area contributed by atoms with Gasteiger partial charge in [-0.1, -0.05) is 142 Å². The van der Waals surface area contributed by atoms with Gasteiger partial charge in [-0.25, -0.2) is 0 Å². The van der Waals surface area contributed by atoms with Gasteiger partial charge in [-0.2, -0.15) is 0 Å². The van der Waals surface area contributed by atoms with E-state index in [0.29, 0.717) is 0 Å². The van der Waals surface area contributed by atoms with Crippen molar-refractivity contribution in [1.82, 2.24) is 0 Å². The third kappa shape index (κ3) is 11.8. The van der Waals surface area contributed by atoms with E-state index >= 15 is 0 Å². The fourth-order valence-electron chi connectivity index (χ4n) is 6.55. The Morgan fingerprint density at radius 2 is 0.711 bits per heavy atom. The molecule has 45 heavy (non-hydrogen) atoms. The van der Waals surface area contributed by atoms with E-state index in [9.17, 15) is 0 Å². The summed E-state index contributed by atoms with van der Waals surface area (Å²) in [6, 6.07) is 20.7. The van der Waals surface area contributed by atoms with Crippen LogP contribution in [0.15, 0.2) is 60.7 Å². The van der Waals surface area contributed by atoms with E-state index in [-0.39, 0.29) is 80.8 Å². The predicted molar refractivity (Wildman–Crippen MR) is 192 cm³/mol. The molecular weight excluding hydrogens is 857 g/mol. The summed E-state index contributed by atoms with van der Waals surface area (Å²) in [5.41, 5.74) is 5.25. The van der Waals surface area contributed by atoms with E-state index in [4.69, 9.17) is 14.7 Å². The van der Waals surface area contributed by atoms with Gasteiger partial charge in [-0.15, -0.1) is 11.4 Å². The quantitative estimate of drug-likeness (QED) is 0.266. The molecule has 1 saturated heterocycles. The summed E-state index contributed by atoms with van der Waals surface area (Å²) in [6.07, 6.45) is 2.56. The van der Waals surface area contributed by atoms with Gasteiger partial charge in [-0.05, 0) is 87.7 Å². The zero-order chi connectivity index (χ0) is 31.9. The first-order chi connectivity index (χ1) is 20.2. The van der Waals surface area contributed by atoms with Crippen molar-refractivity contribution in [1.29, 1.82) is 0 Å². The van der Waals surface area contributed by atoms with Crippen LogP contribution in [0.4, 0.5) is 11.4 Å². The minimum absolute atomic E-state index is 0. The molecule has 0 unspecified atom stereocenters. The van der Waals surface area contributed by atoms with Crippen LogP contribution in [0, 0.1) is 139 Å². The number of rotatable bonds is 6. The Morgan fingerprint density at radius 1 is 0.444 bits per heavy atom. The first-order valence-electron chi connectivity index (χ1n) is 15.8. The molecule has 0 aromatic heterocycles. The van der Waals surface area contributed by atoms with Crippen molar-refractivity contribution in [2.75, 3.05) is 13.2 Å². The molecule has 5 rings (SSSR count). The van der Waals surface area contributed by atoms with Crippen LogP contribution in [0.1, 0.15) is 68.2 Å². The molecule has 3 aliphatic rings. The smallest absolute Gasteiger partial charge is 0.0466 e. The Bertz CT molecular complexity index is 969. The van der Waals surface area contributed by atoms with Crippen molar-refractivity contribution in [2.45, 2.75) is 94.4 Å². The molecule has 7 heteroatoms. The van der Waals surface area contributed by atoms with E-state index in [0.717, 1.165) is 24.6 Å². The molecule has 0 atom stereocenters. The Kier molecular flexibility index (Phi) is 19.7. The van der Waals surface area contributed by atoms with Crippen molar-refractivity contribution >= 4 is 27.8 Å². The van der Waals surface area contributed by atoms with Crippen molar-refractivity contribution < 1.29 is 85.5 Å². The molecule has 2 aromatic rings. The molecule has 0 amide bonds. The fraction of sp³-hybridized carbons (Fsp3) is 0.421. The standard InChI is InChI=1S/2C17H23NSi.C4H8O.2Sm/c2*1-12-13(2)15(4)17(14(12)3)19(5,6)18-16-10-8-7-9-11-16;1-2-4-5-3-1;;/h2*7-11H,1-6H3;1-4H2;;/q2*-1;;;. The second kappa shape index (κ2) is 20.1. The fourth-order valence-corrected chi connectivity index (χ4v) is 12.8. The van der Waals surface area contributed by atoms with Gasteiger partial charge in [0.05, 0.1) is 0 Å². The SMILES string of the molecule is C1CCOC1.C[C]1[C](C)[C](C)[C]([Si](C)(C)[N-]c2ccccc2)[C]1C.C[C]1[C](C)[C](C)[C]([Si](C)(C)[N-]c2ccccc2)[C]1C.[Sm].[Sm]. The number of benzene rings is 2. The van der Waals surface area contributed by atoms with Gasteiger partial charge in [0.15, 0.2) is 0 Å². The van der Waals surface area contributed by atoms with E-state index in [1.165, 1.54) is 71.3 Å². The van der Waals surface area contributed by atoms with Crippen molar-refractivity contribution in [3.8, 4) is 0 Å². The van der Waals surface area contributed by atoms with Gasteiger partial charge in [0.1, 0.15) is 0 Å². The van der Waals surface area contributed by atoms with Crippen molar-refractivity contribution in [2.24, 2.45) is 0 Å². The van der Waals surface area contributed by atoms with Crippen LogP contribution >= 0.6 is 0 Å². The van der Waals surface area contributed by atoms with E-state index in [1.807, 2.05) is 12.1 Å². The van der Waals surface area contributed by atoms with E-state index in [1.54, 1.807) is 0 Å². The Labute approximate surface area is 345 Å². The van der Waals surface area contributed by atoms with Crippen LogP contribution in [-0.4, -0.2) is 29.7 Å². The first-order valence-corrected chi connectivity index (χ1v) is 21.7. The maximum atomic E-state index is 5.08. The second-order valence-corrected chi connectivity index (χ2v) is 20.8. The molecule has 10 radical (unpaired) electrons. The molecule has 1 heterocycles. The van der Waals surface area contributed by atoms with Gasteiger partial charge in [0, 0.05) is 94.0 Å². The number of nitrogens with zero attached hydrogens (tertiary/aromatic N) is 2. The van der Waals surface area contributed by atoms with Gasteiger partial charge >= 0.3 is 0 Å². The minimum Gasteiger partial charge on any atom is -0.687 e. The number of hydrogen-bond donors (Lipinski definition) is 0. The molecule has 1 aliphatic heterocycles. The molecule has 244 valence electrons. The van der Waals surface area contributed by atoms with Crippen LogP contribution in [0.3, 0.4) is 0 Å². The average Bonchev–Trinajstić information content (AvgIpc) is 3.66. The van der Waals surface area contributed by atoms with Crippen LogP contribution in [0.25, 0.3) is 9.96 Å². The summed E-state index contributed by atoms with van der Waals surface area (Å²) in [6.45, 7) is 29.3. The van der Waals surface area contributed by atoms with E-state index < -0.39 is 16.5 Å². The second-order valence-electron chi connectivity index (χ2n) is 13.1. The zero-order valence-corrected chi connectivity index (χ0v) is 37.0. The minimum atomic E-state index is -1.79. The normalized spacial score (nSPS) is 20.5. The van der Waals surface area contributed by atoms with Crippen LogP contribution < -0.4 is 0 Å². The zero-order valence-electron chi connectivity index (χ0n) is 29.7. The van der Waals surface area contributed by atoms with Gasteiger partial charge in [0.25, 0.3) is 0 Å². The maximum Gasteiger partial charge on any atom is 0.0466 e. The molecule has 3 fully saturated rings. The molecule has 2 aliphatic carbocycles. The summed E-state index contributed by atoms with van der Waals surface area (Å²) in [7, 11) is -3.59. The number of ether oxygens (including phenoxy) is 1. The molecular formula is C38H54N2OSi2Sm2-2. The third-order valence-corrected chi connectivity index (χ3v) is 14.8. The molecule has 3 nitrogen and oxygen atoms in total. The monoisotopic (exact) mass is 914 g/mol. The predicted octanol–water partition coefficient (Wildman–Crippen LogP) is 11.6. The Hall–Kier alpha value is 1.11. The van der Waals surface area contributed by atoms with Crippen molar-refractivity contribution in [3.05, 3.63) is 129 Å². The molecule has 2 saturated carbocycles. The van der Waals surface area contributed by atoms with Crippen LogP contribution in [0.5, 0.6) is 0 Å². The van der Waals surface area contributed by atoms with Gasteiger partial charge < -0.3 is 14.7 Å².